The summed E-state index contributed by atoms with van der Waals surface area (Å²) in [6.07, 6.45) is 12.9. The van der Waals surface area contributed by atoms with Gasteiger partial charge in [-0.3, -0.25) is 4.99 Å². The highest BCUT2D eigenvalue weighted by Crippen LogP contribution is 2.21. The summed E-state index contributed by atoms with van der Waals surface area (Å²) in [6.45, 7) is 6.44. The predicted octanol–water partition coefficient (Wildman–Crippen LogP) is 7.32. The van der Waals surface area contributed by atoms with Gasteiger partial charge in [0.25, 0.3) is 0 Å². The third kappa shape index (κ3) is 12.3. The van der Waals surface area contributed by atoms with E-state index in [-0.39, 0.29) is 0 Å². The molecule has 0 unspecified atom stereocenters. The van der Waals surface area contributed by atoms with E-state index in [4.69, 9.17) is 16.6 Å². The Labute approximate surface area is 164 Å². The fourth-order valence-corrected chi connectivity index (χ4v) is 3.51. The number of unbranched alkanes of at least 4 members (excludes halogenated alkanes) is 8. The standard InChI is InChI=1S/C21H35ClN2S/c1-3-5-7-9-11-17-23-21(24-18-12-10-8-6-4-2)25-20-15-13-19(22)14-16-20/h13-16H,3-12,17-18H2,1-2H3,(H,23,24). The summed E-state index contributed by atoms with van der Waals surface area (Å²) in [5, 5.41) is 5.37. The lowest BCUT2D eigenvalue weighted by Crippen LogP contribution is -2.22. The minimum atomic E-state index is 0.780. The lowest BCUT2D eigenvalue weighted by molar-refractivity contribution is 0.623. The van der Waals surface area contributed by atoms with Crippen LogP contribution in [0.15, 0.2) is 34.2 Å². The van der Waals surface area contributed by atoms with E-state index < -0.39 is 0 Å². The van der Waals surface area contributed by atoms with Gasteiger partial charge < -0.3 is 5.32 Å². The lowest BCUT2D eigenvalue weighted by atomic mass is 10.1. The van der Waals surface area contributed by atoms with Crippen LogP contribution in [0.2, 0.25) is 5.02 Å². The Bertz CT molecular complexity index is 459. The van der Waals surface area contributed by atoms with Gasteiger partial charge in [-0.2, -0.15) is 0 Å². The minimum absolute atomic E-state index is 0.780. The lowest BCUT2D eigenvalue weighted by Gasteiger charge is -2.10. The molecule has 0 amide bonds. The molecule has 0 aliphatic heterocycles. The molecule has 142 valence electrons. The fraction of sp³-hybridized carbons (Fsp3) is 0.667. The first-order valence-electron chi connectivity index (χ1n) is 9.98. The summed E-state index contributed by atoms with van der Waals surface area (Å²) < 4.78 is 0. The van der Waals surface area contributed by atoms with E-state index in [1.54, 1.807) is 11.8 Å². The van der Waals surface area contributed by atoms with Crippen molar-refractivity contribution in [2.75, 3.05) is 13.1 Å². The molecule has 4 heteroatoms. The van der Waals surface area contributed by atoms with Crippen LogP contribution >= 0.6 is 23.4 Å². The van der Waals surface area contributed by atoms with Crippen LogP contribution < -0.4 is 5.32 Å². The highest BCUT2D eigenvalue weighted by molar-refractivity contribution is 8.13. The van der Waals surface area contributed by atoms with Crippen molar-refractivity contribution in [3.8, 4) is 0 Å². The van der Waals surface area contributed by atoms with Crippen LogP contribution in [-0.4, -0.2) is 18.3 Å². The number of amidine groups is 1. The van der Waals surface area contributed by atoms with Crippen molar-refractivity contribution in [1.82, 2.24) is 5.32 Å². The van der Waals surface area contributed by atoms with Crippen LogP contribution in [0.3, 0.4) is 0 Å². The van der Waals surface area contributed by atoms with Gasteiger partial charge in [0, 0.05) is 23.0 Å². The topological polar surface area (TPSA) is 24.4 Å². The van der Waals surface area contributed by atoms with E-state index in [0.717, 1.165) is 23.3 Å². The molecular weight excluding hydrogens is 348 g/mol. The van der Waals surface area contributed by atoms with Crippen molar-refractivity contribution in [2.45, 2.75) is 83.0 Å². The van der Waals surface area contributed by atoms with Gasteiger partial charge in [0.1, 0.15) is 0 Å². The zero-order valence-electron chi connectivity index (χ0n) is 16.0. The van der Waals surface area contributed by atoms with Gasteiger partial charge in [-0.25, -0.2) is 0 Å². The number of benzene rings is 1. The SMILES string of the molecule is CCCCCCCN=C(NCCCCCCC)Sc1ccc(Cl)cc1. The predicted molar refractivity (Wildman–Crippen MR) is 115 cm³/mol. The first-order valence-corrected chi connectivity index (χ1v) is 11.2. The summed E-state index contributed by atoms with van der Waals surface area (Å²) in [4.78, 5) is 6.00. The van der Waals surface area contributed by atoms with E-state index in [1.807, 2.05) is 12.1 Å². The van der Waals surface area contributed by atoms with Crippen molar-refractivity contribution >= 4 is 28.5 Å². The Balaban J connectivity index is 2.40. The number of halogens is 1. The molecule has 25 heavy (non-hydrogen) atoms. The molecule has 0 atom stereocenters. The summed E-state index contributed by atoms with van der Waals surface area (Å²) >= 11 is 7.70. The second-order valence-electron chi connectivity index (χ2n) is 6.50. The average Bonchev–Trinajstić information content (AvgIpc) is 2.62. The summed E-state index contributed by atoms with van der Waals surface area (Å²) in [5.41, 5.74) is 0. The maximum atomic E-state index is 5.98. The molecule has 0 fully saturated rings. The molecule has 0 aliphatic rings. The molecule has 1 rings (SSSR count). The summed E-state index contributed by atoms with van der Waals surface area (Å²) in [7, 11) is 0. The van der Waals surface area contributed by atoms with Gasteiger partial charge in [0.2, 0.25) is 0 Å². The van der Waals surface area contributed by atoms with Crippen molar-refractivity contribution in [3.05, 3.63) is 29.3 Å². The largest absolute Gasteiger partial charge is 0.365 e. The Hall–Kier alpha value is -0.670. The van der Waals surface area contributed by atoms with Gasteiger partial charge in [0.05, 0.1) is 0 Å². The Morgan fingerprint density at radius 2 is 1.48 bits per heavy atom. The zero-order chi connectivity index (χ0) is 18.2. The Kier molecular flexibility index (Phi) is 13.9. The molecule has 1 aromatic rings. The number of nitrogens with zero attached hydrogens (tertiary/aromatic N) is 1. The second-order valence-corrected chi connectivity index (χ2v) is 8.00. The van der Waals surface area contributed by atoms with Crippen LogP contribution in [0, 0.1) is 0 Å². The van der Waals surface area contributed by atoms with Crippen LogP contribution in [-0.2, 0) is 0 Å². The van der Waals surface area contributed by atoms with E-state index >= 15 is 0 Å². The Morgan fingerprint density at radius 3 is 2.12 bits per heavy atom. The number of aliphatic imine (C=N–C) groups is 1. The smallest absolute Gasteiger partial charge is 0.161 e. The molecule has 0 bridgehead atoms. The first-order chi connectivity index (χ1) is 12.3. The molecule has 0 saturated carbocycles. The summed E-state index contributed by atoms with van der Waals surface area (Å²) in [5.74, 6) is 0. The molecule has 2 nitrogen and oxygen atoms in total. The number of rotatable bonds is 13. The third-order valence-electron chi connectivity index (χ3n) is 4.10. The summed E-state index contributed by atoms with van der Waals surface area (Å²) in [6, 6.07) is 8.01. The monoisotopic (exact) mass is 382 g/mol. The number of hydrogen-bond acceptors (Lipinski definition) is 2. The molecule has 1 N–H and O–H groups in total. The maximum Gasteiger partial charge on any atom is 0.161 e. The van der Waals surface area contributed by atoms with Crippen molar-refractivity contribution in [2.24, 2.45) is 4.99 Å². The second kappa shape index (κ2) is 15.6. The van der Waals surface area contributed by atoms with Gasteiger partial charge >= 0.3 is 0 Å². The van der Waals surface area contributed by atoms with Crippen molar-refractivity contribution in [3.63, 3.8) is 0 Å². The van der Waals surface area contributed by atoms with E-state index in [0.29, 0.717) is 0 Å². The quantitative estimate of drug-likeness (QED) is 0.167. The van der Waals surface area contributed by atoms with Gasteiger partial charge in [0.15, 0.2) is 5.17 Å². The van der Waals surface area contributed by atoms with Gasteiger partial charge in [-0.15, -0.1) is 0 Å². The van der Waals surface area contributed by atoms with E-state index in [1.165, 1.54) is 69.1 Å². The van der Waals surface area contributed by atoms with Crippen LogP contribution in [0.4, 0.5) is 0 Å². The van der Waals surface area contributed by atoms with Crippen LogP contribution in [0.1, 0.15) is 78.1 Å². The molecule has 0 aromatic heterocycles. The van der Waals surface area contributed by atoms with Gasteiger partial charge in [-0.05, 0) is 37.1 Å². The highest BCUT2D eigenvalue weighted by atomic mass is 35.5. The minimum Gasteiger partial charge on any atom is -0.365 e. The van der Waals surface area contributed by atoms with Crippen molar-refractivity contribution in [1.29, 1.82) is 0 Å². The molecule has 1 aromatic carbocycles. The number of thioether (sulfide) groups is 1. The van der Waals surface area contributed by atoms with E-state index in [9.17, 15) is 0 Å². The fourth-order valence-electron chi connectivity index (χ4n) is 2.56. The zero-order valence-corrected chi connectivity index (χ0v) is 17.6. The van der Waals surface area contributed by atoms with Gasteiger partial charge in [-0.1, -0.05) is 88.6 Å². The molecule has 0 spiro atoms. The van der Waals surface area contributed by atoms with Crippen LogP contribution in [0.5, 0.6) is 0 Å². The first kappa shape index (κ1) is 22.4. The number of nitrogens with one attached hydrogen (secondary N) is 1. The molecule has 0 heterocycles. The third-order valence-corrected chi connectivity index (χ3v) is 5.33. The van der Waals surface area contributed by atoms with E-state index in [2.05, 4.69) is 31.3 Å². The Morgan fingerprint density at radius 1 is 0.880 bits per heavy atom. The molecular formula is C21H35ClN2S. The molecule has 0 radical (unpaired) electrons. The van der Waals surface area contributed by atoms with Crippen LogP contribution in [0.25, 0.3) is 0 Å². The molecule has 0 aliphatic carbocycles. The number of hydrogen-bond donors (Lipinski definition) is 1. The highest BCUT2D eigenvalue weighted by Gasteiger charge is 2.03. The van der Waals surface area contributed by atoms with Crippen molar-refractivity contribution < 1.29 is 0 Å². The normalized spacial score (nSPS) is 11.7. The average molecular weight is 383 g/mol. The maximum absolute atomic E-state index is 5.98. The molecule has 0 saturated heterocycles.